The number of nitrogens with one attached hydrogen (secondary N) is 1. The van der Waals surface area contributed by atoms with Crippen molar-refractivity contribution in [2.75, 3.05) is 20.2 Å². The Labute approximate surface area is 136 Å². The number of nitrogens with zero attached hydrogens (tertiary/aromatic N) is 2. The van der Waals surface area contributed by atoms with Crippen LogP contribution < -0.4 is 0 Å². The van der Waals surface area contributed by atoms with Gasteiger partial charge in [-0.1, -0.05) is 30.3 Å². The Morgan fingerprint density at radius 2 is 1.96 bits per heavy atom. The lowest BCUT2D eigenvalue weighted by Gasteiger charge is -2.50. The van der Waals surface area contributed by atoms with Crippen LogP contribution in [0.15, 0.2) is 30.3 Å². The summed E-state index contributed by atoms with van der Waals surface area (Å²) < 4.78 is 5.75. The first-order valence-electron chi connectivity index (χ1n) is 7.89. The van der Waals surface area contributed by atoms with Crippen LogP contribution in [-0.2, 0) is 15.1 Å². The third kappa shape index (κ3) is 2.55. The fraction of sp³-hybridized carbons (Fsp3) is 0.444. The molecule has 2 heterocycles. The molecule has 1 aromatic heterocycles. The van der Waals surface area contributed by atoms with Gasteiger partial charge in [0.15, 0.2) is 0 Å². The molecule has 0 spiro atoms. The lowest BCUT2D eigenvalue weighted by atomic mass is 9.84. The van der Waals surface area contributed by atoms with Crippen LogP contribution in [0.3, 0.4) is 0 Å². The van der Waals surface area contributed by atoms with Gasteiger partial charge in [-0.25, -0.2) is 0 Å². The first-order chi connectivity index (χ1) is 11.0. The van der Waals surface area contributed by atoms with Crippen molar-refractivity contribution in [3.8, 4) is 0 Å². The van der Waals surface area contributed by atoms with Gasteiger partial charge >= 0.3 is 0 Å². The molecule has 1 N–H and O–H groups in total. The standard InChI is InChI=1S/C18H23N3O2/c1-12(16-13(2)19-20-14(16)3)17(22)21-10-18(11-21,23-4)15-8-6-5-7-9-15/h5-9,12H,10-11H2,1-4H3,(H,19,20). The van der Waals surface area contributed by atoms with Gasteiger partial charge in [-0.15, -0.1) is 0 Å². The number of aryl methyl sites for hydroxylation is 2. The molecule has 5 nitrogen and oxygen atoms in total. The molecule has 1 atom stereocenters. The molecule has 23 heavy (non-hydrogen) atoms. The van der Waals surface area contributed by atoms with Crippen molar-refractivity contribution in [2.24, 2.45) is 0 Å². The number of hydrogen-bond donors (Lipinski definition) is 1. The summed E-state index contributed by atoms with van der Waals surface area (Å²) in [6.07, 6.45) is 0. The molecular formula is C18H23N3O2. The molecule has 1 aliphatic heterocycles. The Kier molecular flexibility index (Phi) is 3.98. The summed E-state index contributed by atoms with van der Waals surface area (Å²) >= 11 is 0. The minimum absolute atomic E-state index is 0.126. The number of methoxy groups -OCH3 is 1. The van der Waals surface area contributed by atoms with E-state index >= 15 is 0 Å². The predicted octanol–water partition coefficient (Wildman–Crippen LogP) is 2.51. The van der Waals surface area contributed by atoms with E-state index in [1.807, 2.05) is 43.9 Å². The van der Waals surface area contributed by atoms with Crippen LogP contribution >= 0.6 is 0 Å². The van der Waals surface area contributed by atoms with Gasteiger partial charge < -0.3 is 9.64 Å². The van der Waals surface area contributed by atoms with Gasteiger partial charge in [-0.05, 0) is 26.3 Å². The topological polar surface area (TPSA) is 58.2 Å². The molecule has 1 unspecified atom stereocenters. The zero-order valence-electron chi connectivity index (χ0n) is 14.1. The highest BCUT2D eigenvalue weighted by Crippen LogP contribution is 2.37. The minimum Gasteiger partial charge on any atom is -0.370 e. The van der Waals surface area contributed by atoms with Crippen molar-refractivity contribution in [3.63, 3.8) is 0 Å². The molecule has 1 saturated heterocycles. The van der Waals surface area contributed by atoms with Gasteiger partial charge in [-0.3, -0.25) is 9.89 Å². The summed E-state index contributed by atoms with van der Waals surface area (Å²) in [4.78, 5) is 14.7. The van der Waals surface area contributed by atoms with Crippen LogP contribution in [0, 0.1) is 13.8 Å². The Bertz CT molecular complexity index is 683. The van der Waals surface area contributed by atoms with E-state index in [1.165, 1.54) is 0 Å². The number of aromatic nitrogens is 2. The van der Waals surface area contributed by atoms with Crippen LogP contribution in [-0.4, -0.2) is 41.2 Å². The largest absolute Gasteiger partial charge is 0.370 e. The summed E-state index contributed by atoms with van der Waals surface area (Å²) in [6, 6.07) is 10.1. The maximum atomic E-state index is 12.8. The predicted molar refractivity (Wildman–Crippen MR) is 88.2 cm³/mol. The Morgan fingerprint density at radius 1 is 1.30 bits per heavy atom. The van der Waals surface area contributed by atoms with Gasteiger partial charge in [0.25, 0.3) is 0 Å². The van der Waals surface area contributed by atoms with Gasteiger partial charge in [0.2, 0.25) is 5.91 Å². The lowest BCUT2D eigenvalue weighted by Crippen LogP contribution is -2.62. The average Bonchev–Trinajstić information content (AvgIpc) is 2.86. The number of carbonyl (C=O) groups is 1. The quantitative estimate of drug-likeness (QED) is 0.943. The molecule has 0 aliphatic carbocycles. The summed E-state index contributed by atoms with van der Waals surface area (Å²) in [7, 11) is 1.71. The van der Waals surface area contributed by atoms with Crippen molar-refractivity contribution in [3.05, 3.63) is 52.8 Å². The minimum atomic E-state index is -0.378. The van der Waals surface area contributed by atoms with Gasteiger partial charge in [-0.2, -0.15) is 5.10 Å². The number of rotatable bonds is 4. The maximum absolute atomic E-state index is 12.8. The first-order valence-corrected chi connectivity index (χ1v) is 7.89. The number of hydrogen-bond acceptors (Lipinski definition) is 3. The highest BCUT2D eigenvalue weighted by atomic mass is 16.5. The molecule has 122 valence electrons. The number of likely N-dealkylation sites (tertiary alicyclic amines) is 1. The van der Waals surface area contributed by atoms with E-state index in [4.69, 9.17) is 4.74 Å². The van der Waals surface area contributed by atoms with Crippen molar-refractivity contribution < 1.29 is 9.53 Å². The van der Waals surface area contributed by atoms with Crippen LogP contribution in [0.5, 0.6) is 0 Å². The fourth-order valence-corrected chi connectivity index (χ4v) is 3.49. The Balaban J connectivity index is 1.75. The summed E-state index contributed by atoms with van der Waals surface area (Å²) in [5.74, 6) is -0.0689. The monoisotopic (exact) mass is 313 g/mol. The Morgan fingerprint density at radius 3 is 2.48 bits per heavy atom. The van der Waals surface area contributed by atoms with E-state index in [0.717, 1.165) is 22.5 Å². The van der Waals surface area contributed by atoms with Gasteiger partial charge in [0.05, 0.1) is 24.7 Å². The zero-order valence-corrected chi connectivity index (χ0v) is 14.1. The first kappa shape index (κ1) is 15.7. The molecule has 1 aliphatic rings. The number of H-pyrrole nitrogens is 1. The van der Waals surface area contributed by atoms with Crippen LogP contribution in [0.4, 0.5) is 0 Å². The number of ether oxygens (including phenoxy) is 1. The number of aromatic amines is 1. The second-order valence-corrected chi connectivity index (χ2v) is 6.33. The van der Waals surface area contributed by atoms with Gasteiger partial charge in [0, 0.05) is 18.4 Å². The highest BCUT2D eigenvalue weighted by Gasteiger charge is 2.48. The van der Waals surface area contributed by atoms with Crippen molar-refractivity contribution in [1.29, 1.82) is 0 Å². The fourth-order valence-electron chi connectivity index (χ4n) is 3.49. The van der Waals surface area contributed by atoms with Crippen molar-refractivity contribution in [1.82, 2.24) is 15.1 Å². The third-order valence-corrected chi connectivity index (χ3v) is 4.88. The molecule has 0 saturated carbocycles. The van der Waals surface area contributed by atoms with E-state index in [2.05, 4.69) is 22.3 Å². The van der Waals surface area contributed by atoms with Crippen molar-refractivity contribution >= 4 is 5.91 Å². The van der Waals surface area contributed by atoms with Gasteiger partial charge in [0.1, 0.15) is 5.60 Å². The zero-order chi connectivity index (χ0) is 16.6. The van der Waals surface area contributed by atoms with E-state index in [0.29, 0.717) is 13.1 Å². The molecule has 0 radical (unpaired) electrons. The smallest absolute Gasteiger partial charge is 0.230 e. The molecule has 1 fully saturated rings. The van der Waals surface area contributed by atoms with Crippen LogP contribution in [0.1, 0.15) is 35.4 Å². The molecule has 2 aromatic rings. The normalized spacial score (nSPS) is 17.7. The molecule has 5 heteroatoms. The number of carbonyl (C=O) groups excluding carboxylic acids is 1. The molecule has 3 rings (SSSR count). The Hall–Kier alpha value is -2.14. The lowest BCUT2D eigenvalue weighted by molar-refractivity contribution is -0.165. The van der Waals surface area contributed by atoms with Crippen LogP contribution in [0.2, 0.25) is 0 Å². The second-order valence-electron chi connectivity index (χ2n) is 6.33. The van der Waals surface area contributed by atoms with Crippen LogP contribution in [0.25, 0.3) is 0 Å². The summed E-state index contributed by atoms with van der Waals surface area (Å²) in [6.45, 7) is 7.02. The maximum Gasteiger partial charge on any atom is 0.230 e. The van der Waals surface area contributed by atoms with E-state index in [1.54, 1.807) is 7.11 Å². The van der Waals surface area contributed by atoms with E-state index in [-0.39, 0.29) is 17.4 Å². The van der Waals surface area contributed by atoms with E-state index < -0.39 is 0 Å². The molecule has 1 amide bonds. The number of benzene rings is 1. The second kappa shape index (κ2) is 5.81. The van der Waals surface area contributed by atoms with Crippen molar-refractivity contribution in [2.45, 2.75) is 32.3 Å². The average molecular weight is 313 g/mol. The highest BCUT2D eigenvalue weighted by molar-refractivity contribution is 5.85. The molecule has 1 aromatic carbocycles. The number of amides is 1. The summed E-state index contributed by atoms with van der Waals surface area (Å²) in [5.41, 5.74) is 3.60. The molecule has 0 bridgehead atoms. The van der Waals surface area contributed by atoms with E-state index in [9.17, 15) is 4.79 Å². The summed E-state index contributed by atoms with van der Waals surface area (Å²) in [5, 5.41) is 7.15. The third-order valence-electron chi connectivity index (χ3n) is 4.88. The SMILES string of the molecule is COC1(c2ccccc2)CN(C(=O)C(C)c2c(C)n[nH]c2C)C1. The molecular weight excluding hydrogens is 290 g/mol.